The molecule has 2 aromatic heterocycles. The fourth-order valence-electron chi connectivity index (χ4n) is 2.40. The topological polar surface area (TPSA) is 59.3 Å². The number of hydrogen-bond donors (Lipinski definition) is 1. The first kappa shape index (κ1) is 15.2. The second kappa shape index (κ2) is 6.22. The molecule has 0 aliphatic carbocycles. The minimum atomic E-state index is -0.769. The number of aryl methyl sites for hydroxylation is 1. The molecule has 0 unspecified atom stereocenters. The Morgan fingerprint density at radius 2 is 2.14 bits per heavy atom. The summed E-state index contributed by atoms with van der Waals surface area (Å²) in [6.45, 7) is 2.59. The zero-order valence-electron chi connectivity index (χ0n) is 12.5. The van der Waals surface area contributed by atoms with Gasteiger partial charge in [0.05, 0.1) is 11.2 Å². The maximum absolute atomic E-state index is 11.1. The summed E-state index contributed by atoms with van der Waals surface area (Å²) in [5.41, 5.74) is 2.38. The number of halogens is 1. The van der Waals surface area contributed by atoms with E-state index in [1.165, 1.54) is 0 Å². The molecular weight excluding hydrogens is 320 g/mol. The number of anilines is 1. The van der Waals surface area contributed by atoms with Crippen LogP contribution in [-0.2, 0) is 10.8 Å². The molecule has 7 heteroatoms. The third kappa shape index (κ3) is 2.80. The zero-order chi connectivity index (χ0) is 15.7. The van der Waals surface area contributed by atoms with Gasteiger partial charge in [-0.2, -0.15) is 5.10 Å². The molecule has 1 aromatic carbocycles. The highest BCUT2D eigenvalue weighted by atomic mass is 35.5. The van der Waals surface area contributed by atoms with Gasteiger partial charge in [-0.05, 0) is 25.5 Å². The molecule has 22 heavy (non-hydrogen) atoms. The third-order valence-electron chi connectivity index (χ3n) is 3.47. The van der Waals surface area contributed by atoms with Crippen molar-refractivity contribution in [3.05, 3.63) is 35.0 Å². The molecule has 3 rings (SSSR count). The molecule has 0 amide bonds. The van der Waals surface area contributed by atoms with Crippen LogP contribution >= 0.6 is 11.6 Å². The van der Waals surface area contributed by atoms with Crippen LogP contribution in [0.15, 0.2) is 24.3 Å². The second-order valence-electron chi connectivity index (χ2n) is 5.17. The number of benzene rings is 1. The van der Waals surface area contributed by atoms with E-state index in [4.69, 9.17) is 11.6 Å². The van der Waals surface area contributed by atoms with Gasteiger partial charge in [0.15, 0.2) is 5.65 Å². The van der Waals surface area contributed by atoms with Crippen molar-refractivity contribution in [1.82, 2.24) is 14.6 Å². The summed E-state index contributed by atoms with van der Waals surface area (Å²) in [5.74, 6) is 1.46. The number of para-hydroxylation sites is 1. The molecule has 3 aromatic rings. The molecular formula is C15H17ClN4OS. The molecule has 0 fully saturated rings. The second-order valence-corrected chi connectivity index (χ2v) is 7.10. The third-order valence-corrected chi connectivity index (χ3v) is 4.78. The van der Waals surface area contributed by atoms with Gasteiger partial charge >= 0.3 is 0 Å². The molecule has 2 heterocycles. The number of rotatable bonds is 5. The summed E-state index contributed by atoms with van der Waals surface area (Å²) < 4.78 is 12.9. The lowest BCUT2D eigenvalue weighted by Crippen LogP contribution is -2.09. The SMILES string of the molecule is Cc1nn2c(nc(NCCC[S@](C)=O)c3ccccc32)c1Cl. The van der Waals surface area contributed by atoms with Crippen molar-refractivity contribution in [2.45, 2.75) is 13.3 Å². The van der Waals surface area contributed by atoms with Crippen LogP contribution in [-0.4, -0.2) is 37.4 Å². The summed E-state index contributed by atoms with van der Waals surface area (Å²) in [5, 5.41) is 9.35. The van der Waals surface area contributed by atoms with Gasteiger partial charge in [0.2, 0.25) is 0 Å². The maximum Gasteiger partial charge on any atom is 0.176 e. The number of fused-ring (bicyclic) bond motifs is 3. The van der Waals surface area contributed by atoms with E-state index in [-0.39, 0.29) is 0 Å². The predicted molar refractivity (Wildman–Crippen MR) is 92.3 cm³/mol. The first-order valence-corrected chi connectivity index (χ1v) is 9.16. The van der Waals surface area contributed by atoms with E-state index >= 15 is 0 Å². The van der Waals surface area contributed by atoms with Crippen LogP contribution in [0.2, 0.25) is 5.02 Å². The summed E-state index contributed by atoms with van der Waals surface area (Å²) in [7, 11) is -0.769. The van der Waals surface area contributed by atoms with Crippen molar-refractivity contribution in [1.29, 1.82) is 0 Å². The Labute approximate surface area is 136 Å². The van der Waals surface area contributed by atoms with Crippen molar-refractivity contribution in [3.8, 4) is 0 Å². The molecule has 0 radical (unpaired) electrons. The molecule has 0 saturated heterocycles. The van der Waals surface area contributed by atoms with E-state index in [1.807, 2.05) is 31.2 Å². The van der Waals surface area contributed by atoms with Gasteiger partial charge < -0.3 is 5.32 Å². The lowest BCUT2D eigenvalue weighted by atomic mass is 10.2. The van der Waals surface area contributed by atoms with Crippen molar-refractivity contribution in [3.63, 3.8) is 0 Å². The largest absolute Gasteiger partial charge is 0.369 e. The highest BCUT2D eigenvalue weighted by molar-refractivity contribution is 7.84. The summed E-state index contributed by atoms with van der Waals surface area (Å²) in [6, 6.07) is 7.95. The molecule has 0 aliphatic heterocycles. The lowest BCUT2D eigenvalue weighted by molar-refractivity contribution is 0.685. The van der Waals surface area contributed by atoms with Crippen molar-refractivity contribution < 1.29 is 4.21 Å². The minimum Gasteiger partial charge on any atom is -0.369 e. The molecule has 0 aliphatic rings. The Morgan fingerprint density at radius 3 is 2.91 bits per heavy atom. The maximum atomic E-state index is 11.1. The summed E-state index contributed by atoms with van der Waals surface area (Å²) in [6.07, 6.45) is 2.55. The first-order chi connectivity index (χ1) is 10.6. The van der Waals surface area contributed by atoms with Crippen molar-refractivity contribution in [2.75, 3.05) is 23.9 Å². The molecule has 5 nitrogen and oxygen atoms in total. The van der Waals surface area contributed by atoms with Crippen molar-refractivity contribution >= 4 is 44.8 Å². The smallest absolute Gasteiger partial charge is 0.176 e. The van der Waals surface area contributed by atoms with Crippen LogP contribution in [0.25, 0.3) is 16.6 Å². The molecule has 116 valence electrons. The highest BCUT2D eigenvalue weighted by Crippen LogP contribution is 2.28. The van der Waals surface area contributed by atoms with Gasteiger partial charge in [0.25, 0.3) is 0 Å². The first-order valence-electron chi connectivity index (χ1n) is 7.05. The number of nitrogens with one attached hydrogen (secondary N) is 1. The molecule has 1 N–H and O–H groups in total. The average Bonchev–Trinajstić information content (AvgIpc) is 2.79. The van der Waals surface area contributed by atoms with Crippen LogP contribution in [0.1, 0.15) is 12.1 Å². The molecule has 0 spiro atoms. The van der Waals surface area contributed by atoms with E-state index in [2.05, 4.69) is 15.4 Å². The van der Waals surface area contributed by atoms with Gasteiger partial charge in [0, 0.05) is 34.7 Å². The lowest BCUT2D eigenvalue weighted by Gasteiger charge is -2.10. The van der Waals surface area contributed by atoms with E-state index < -0.39 is 10.8 Å². The van der Waals surface area contributed by atoms with Crippen LogP contribution < -0.4 is 5.32 Å². The van der Waals surface area contributed by atoms with E-state index in [9.17, 15) is 4.21 Å². The van der Waals surface area contributed by atoms with Crippen molar-refractivity contribution in [2.24, 2.45) is 0 Å². The summed E-state index contributed by atoms with van der Waals surface area (Å²) >= 11 is 6.30. The highest BCUT2D eigenvalue weighted by Gasteiger charge is 2.14. The average molecular weight is 337 g/mol. The van der Waals surface area contributed by atoms with Crippen LogP contribution in [0.3, 0.4) is 0 Å². The van der Waals surface area contributed by atoms with Gasteiger partial charge in [-0.15, -0.1) is 0 Å². The Morgan fingerprint density at radius 1 is 1.36 bits per heavy atom. The standard InChI is InChI=1S/C15H17ClN4OS/c1-10-13(16)15-18-14(17-8-5-9-22(2)21)11-6-3-4-7-12(11)20(15)19-10/h3-4,6-7H,5,8-9H2,1-2H3,(H,17,18)/t22-/m0/s1. The van der Waals surface area contributed by atoms with Gasteiger partial charge in [-0.3, -0.25) is 4.21 Å². The van der Waals surface area contributed by atoms with Gasteiger partial charge in [-0.1, -0.05) is 23.7 Å². The monoisotopic (exact) mass is 336 g/mol. The summed E-state index contributed by atoms with van der Waals surface area (Å²) in [4.78, 5) is 4.62. The number of nitrogens with zero attached hydrogens (tertiary/aromatic N) is 3. The zero-order valence-corrected chi connectivity index (χ0v) is 14.0. The fourth-order valence-corrected chi connectivity index (χ4v) is 3.11. The van der Waals surface area contributed by atoms with Crippen LogP contribution in [0, 0.1) is 6.92 Å². The van der Waals surface area contributed by atoms with Crippen LogP contribution in [0.4, 0.5) is 5.82 Å². The minimum absolute atomic E-state index is 0.573. The molecule has 0 saturated carbocycles. The van der Waals surface area contributed by atoms with Gasteiger partial charge in [0.1, 0.15) is 10.8 Å². The van der Waals surface area contributed by atoms with E-state index in [1.54, 1.807) is 10.8 Å². The Balaban J connectivity index is 2.03. The normalized spacial score (nSPS) is 12.9. The van der Waals surface area contributed by atoms with E-state index in [0.29, 0.717) is 16.4 Å². The molecule has 0 bridgehead atoms. The number of hydrogen-bond acceptors (Lipinski definition) is 4. The molecule has 1 atom stereocenters. The Bertz CT molecular complexity index is 861. The van der Waals surface area contributed by atoms with E-state index in [0.717, 1.165) is 35.4 Å². The fraction of sp³-hybridized carbons (Fsp3) is 0.333. The Kier molecular flexibility index (Phi) is 4.31. The van der Waals surface area contributed by atoms with Crippen LogP contribution in [0.5, 0.6) is 0 Å². The Hall–Kier alpha value is -1.66. The van der Waals surface area contributed by atoms with Gasteiger partial charge in [-0.25, -0.2) is 9.50 Å². The predicted octanol–water partition coefficient (Wildman–Crippen LogP) is 3.02. The number of aromatic nitrogens is 3. The quantitative estimate of drug-likeness (QED) is 0.728.